The van der Waals surface area contributed by atoms with Crippen molar-refractivity contribution in [3.63, 3.8) is 0 Å². The van der Waals surface area contributed by atoms with Gasteiger partial charge in [0.25, 0.3) is 0 Å². The molecule has 9 atom stereocenters. The predicted octanol–water partition coefficient (Wildman–Crippen LogP) is 6.65. The summed E-state index contributed by atoms with van der Waals surface area (Å²) in [5.41, 5.74) is 0.609. The Kier molecular flexibility index (Phi) is 5.99. The summed E-state index contributed by atoms with van der Waals surface area (Å²) in [6.07, 6.45) is 12.8. The van der Waals surface area contributed by atoms with E-state index in [1.54, 1.807) is 0 Å². The maximum absolute atomic E-state index is 13.2. The van der Waals surface area contributed by atoms with Crippen LogP contribution in [0.2, 0.25) is 0 Å². The van der Waals surface area contributed by atoms with Crippen molar-refractivity contribution in [2.75, 3.05) is 0 Å². The third kappa shape index (κ3) is 3.64. The first-order chi connectivity index (χ1) is 13.7. The van der Waals surface area contributed by atoms with Gasteiger partial charge in [0.05, 0.1) is 6.10 Å². The van der Waals surface area contributed by atoms with Crippen molar-refractivity contribution in [2.45, 2.75) is 111 Å². The summed E-state index contributed by atoms with van der Waals surface area (Å²) in [6, 6.07) is 0. The van der Waals surface area contributed by atoms with Crippen LogP contribution >= 0.6 is 0 Å². The number of carbonyl (C=O) groups is 1. The SMILES string of the molecule is CC(C)CCC[C@H](C)[C@@H]1CC[C@H]2[C@H]3CC(=O)[C@@H]4CC(O)CC[C@@]4(C)[C@H]3CC[C@@]21C. The normalized spacial score (nSPS) is 48.2. The molecule has 4 saturated carbocycles. The number of Topliss-reactive ketones (excluding diaryl/α,β-unsaturated/α-hetero) is 1. The summed E-state index contributed by atoms with van der Waals surface area (Å²) in [5, 5.41) is 10.2. The van der Waals surface area contributed by atoms with Crippen molar-refractivity contribution in [1.82, 2.24) is 0 Å². The van der Waals surface area contributed by atoms with E-state index in [2.05, 4.69) is 34.6 Å². The van der Waals surface area contributed by atoms with Gasteiger partial charge in [0.15, 0.2) is 0 Å². The molecule has 4 aliphatic carbocycles. The van der Waals surface area contributed by atoms with E-state index in [-0.39, 0.29) is 17.4 Å². The van der Waals surface area contributed by atoms with Crippen LogP contribution in [0.3, 0.4) is 0 Å². The zero-order chi connectivity index (χ0) is 21.0. The highest BCUT2D eigenvalue weighted by atomic mass is 16.3. The second kappa shape index (κ2) is 7.95. The molecule has 2 heteroatoms. The highest BCUT2D eigenvalue weighted by Crippen LogP contribution is 2.67. The molecular weight excluding hydrogens is 356 g/mol. The minimum Gasteiger partial charge on any atom is -0.393 e. The number of rotatable bonds is 5. The quantitative estimate of drug-likeness (QED) is 0.559. The van der Waals surface area contributed by atoms with Gasteiger partial charge in [-0.15, -0.1) is 0 Å². The van der Waals surface area contributed by atoms with Gasteiger partial charge in [-0.05, 0) is 91.3 Å². The predicted molar refractivity (Wildman–Crippen MR) is 119 cm³/mol. The summed E-state index contributed by atoms with van der Waals surface area (Å²) in [7, 11) is 0. The Morgan fingerprint density at radius 1 is 0.966 bits per heavy atom. The van der Waals surface area contributed by atoms with E-state index in [1.165, 1.54) is 44.9 Å². The highest BCUT2D eigenvalue weighted by Gasteiger charge is 2.62. The molecule has 2 nitrogen and oxygen atoms in total. The molecule has 4 fully saturated rings. The topological polar surface area (TPSA) is 37.3 Å². The van der Waals surface area contributed by atoms with Gasteiger partial charge in [0.2, 0.25) is 0 Å². The number of carbonyl (C=O) groups excluding carboxylic acids is 1. The lowest BCUT2D eigenvalue weighted by atomic mass is 9.44. The van der Waals surface area contributed by atoms with Gasteiger partial charge < -0.3 is 5.11 Å². The van der Waals surface area contributed by atoms with E-state index < -0.39 is 0 Å². The zero-order valence-electron chi connectivity index (χ0n) is 19.8. The van der Waals surface area contributed by atoms with Gasteiger partial charge in [-0.3, -0.25) is 4.79 Å². The van der Waals surface area contributed by atoms with E-state index >= 15 is 0 Å². The zero-order valence-corrected chi connectivity index (χ0v) is 19.8. The molecule has 166 valence electrons. The second-order valence-corrected chi connectivity index (χ2v) is 12.6. The molecule has 29 heavy (non-hydrogen) atoms. The summed E-state index contributed by atoms with van der Waals surface area (Å²) in [4.78, 5) is 13.2. The summed E-state index contributed by atoms with van der Waals surface area (Å²) >= 11 is 0. The molecule has 0 spiro atoms. The molecule has 0 aromatic rings. The molecule has 0 aromatic carbocycles. The summed E-state index contributed by atoms with van der Waals surface area (Å²) < 4.78 is 0. The first kappa shape index (κ1) is 21.8. The van der Waals surface area contributed by atoms with E-state index in [0.717, 1.165) is 49.4 Å². The average Bonchev–Trinajstić information content (AvgIpc) is 3.00. The van der Waals surface area contributed by atoms with Gasteiger partial charge in [-0.25, -0.2) is 0 Å². The number of ketones is 1. The van der Waals surface area contributed by atoms with Crippen molar-refractivity contribution in [3.8, 4) is 0 Å². The fraction of sp³-hybridized carbons (Fsp3) is 0.963. The molecule has 0 radical (unpaired) electrons. The number of fused-ring (bicyclic) bond motifs is 5. The molecule has 0 amide bonds. The van der Waals surface area contributed by atoms with Gasteiger partial charge in [-0.2, -0.15) is 0 Å². The lowest BCUT2D eigenvalue weighted by Crippen LogP contribution is -2.57. The number of hydrogen-bond donors (Lipinski definition) is 1. The Balaban J connectivity index is 1.50. The fourth-order valence-corrected chi connectivity index (χ4v) is 9.04. The minimum atomic E-state index is -0.245. The summed E-state index contributed by atoms with van der Waals surface area (Å²) in [6.45, 7) is 12.2. The van der Waals surface area contributed by atoms with Crippen LogP contribution in [0.25, 0.3) is 0 Å². The molecule has 0 bridgehead atoms. The van der Waals surface area contributed by atoms with Gasteiger partial charge >= 0.3 is 0 Å². The molecule has 0 aliphatic heterocycles. The molecule has 0 aromatic heterocycles. The van der Waals surface area contributed by atoms with Crippen LogP contribution in [0, 0.1) is 52.3 Å². The third-order valence-electron chi connectivity index (χ3n) is 10.6. The number of hydrogen-bond acceptors (Lipinski definition) is 2. The Hall–Kier alpha value is -0.370. The Labute approximate surface area is 179 Å². The summed E-state index contributed by atoms with van der Waals surface area (Å²) in [5.74, 6) is 5.21. The van der Waals surface area contributed by atoms with E-state index in [0.29, 0.717) is 23.0 Å². The molecule has 0 saturated heterocycles. The Bertz CT molecular complexity index is 612. The van der Waals surface area contributed by atoms with Crippen molar-refractivity contribution < 1.29 is 9.90 Å². The van der Waals surface area contributed by atoms with E-state index in [4.69, 9.17) is 0 Å². The van der Waals surface area contributed by atoms with Crippen molar-refractivity contribution in [2.24, 2.45) is 52.3 Å². The van der Waals surface area contributed by atoms with Crippen molar-refractivity contribution in [1.29, 1.82) is 0 Å². The van der Waals surface area contributed by atoms with Crippen LogP contribution in [0.5, 0.6) is 0 Å². The van der Waals surface area contributed by atoms with Crippen molar-refractivity contribution in [3.05, 3.63) is 0 Å². The standard InChI is InChI=1S/C27H46O2/c1-17(2)7-6-8-18(3)21-9-10-22-20-16-25(29)24-15-19(28)11-13-27(24,5)23(20)12-14-26(21,22)4/h17-24,28H,6-16H2,1-5H3/t18-,19?,20+,21-,22-,23-,24-,26+,27-/m0/s1. The largest absolute Gasteiger partial charge is 0.393 e. The van der Waals surface area contributed by atoms with Crippen LogP contribution in [0.1, 0.15) is 105 Å². The van der Waals surface area contributed by atoms with Gasteiger partial charge in [-0.1, -0.05) is 53.9 Å². The van der Waals surface area contributed by atoms with Crippen LogP contribution in [0.4, 0.5) is 0 Å². The molecular formula is C27H46O2. The first-order valence-corrected chi connectivity index (χ1v) is 12.9. The average molecular weight is 403 g/mol. The lowest BCUT2D eigenvalue weighted by molar-refractivity contribution is -0.160. The molecule has 4 aliphatic rings. The maximum atomic E-state index is 13.2. The molecule has 0 heterocycles. The Morgan fingerprint density at radius 3 is 2.38 bits per heavy atom. The van der Waals surface area contributed by atoms with E-state index in [9.17, 15) is 9.90 Å². The van der Waals surface area contributed by atoms with Crippen LogP contribution in [-0.4, -0.2) is 17.0 Å². The minimum absolute atomic E-state index is 0.129. The molecule has 1 unspecified atom stereocenters. The monoisotopic (exact) mass is 402 g/mol. The van der Waals surface area contributed by atoms with Gasteiger partial charge in [0, 0.05) is 12.3 Å². The number of aliphatic hydroxyl groups excluding tert-OH is 1. The fourth-order valence-electron chi connectivity index (χ4n) is 9.04. The van der Waals surface area contributed by atoms with Crippen LogP contribution < -0.4 is 0 Å². The van der Waals surface area contributed by atoms with Crippen molar-refractivity contribution >= 4 is 5.78 Å². The Morgan fingerprint density at radius 2 is 1.66 bits per heavy atom. The lowest BCUT2D eigenvalue weighted by Gasteiger charge is -2.60. The molecule has 4 rings (SSSR count). The van der Waals surface area contributed by atoms with Crippen LogP contribution in [0.15, 0.2) is 0 Å². The smallest absolute Gasteiger partial charge is 0.136 e. The number of aliphatic hydroxyl groups is 1. The van der Waals surface area contributed by atoms with E-state index in [1.807, 2.05) is 0 Å². The molecule has 1 N–H and O–H groups in total. The maximum Gasteiger partial charge on any atom is 0.136 e. The van der Waals surface area contributed by atoms with Crippen LogP contribution in [-0.2, 0) is 4.79 Å². The highest BCUT2D eigenvalue weighted by molar-refractivity contribution is 5.83. The first-order valence-electron chi connectivity index (χ1n) is 12.9. The third-order valence-corrected chi connectivity index (χ3v) is 10.6. The van der Waals surface area contributed by atoms with Gasteiger partial charge in [0.1, 0.15) is 5.78 Å². The second-order valence-electron chi connectivity index (χ2n) is 12.6.